The van der Waals surface area contributed by atoms with Crippen LogP contribution in [0.2, 0.25) is 0 Å². The fourth-order valence-electron chi connectivity index (χ4n) is 9.06. The van der Waals surface area contributed by atoms with Crippen molar-refractivity contribution in [1.82, 2.24) is 25.5 Å². The number of methoxy groups -OCH3 is 1. The molecule has 0 radical (unpaired) electrons. The van der Waals surface area contributed by atoms with Crippen molar-refractivity contribution >= 4 is 52.6 Å². The first-order valence-corrected chi connectivity index (χ1v) is 24.7. The number of rotatable bonds is 11. The number of benzene rings is 2. The highest BCUT2D eigenvalue weighted by molar-refractivity contribution is 7.59. The van der Waals surface area contributed by atoms with E-state index in [4.69, 9.17) is 24.2 Å². The molecular weight excluding hydrogens is 847 g/mol. The molecule has 8 rings (SSSR count). The molecule has 4 heterocycles. The zero-order valence-electron chi connectivity index (χ0n) is 35.9. The van der Waals surface area contributed by atoms with E-state index in [1.54, 1.807) is 31.4 Å². The van der Waals surface area contributed by atoms with Crippen LogP contribution in [0.15, 0.2) is 66.1 Å². The topological polar surface area (TPSA) is 181 Å². The number of allylic oxidation sites excluding steroid dienone is 1. The molecule has 17 heteroatoms. The first-order chi connectivity index (χ1) is 30.3. The van der Waals surface area contributed by atoms with Gasteiger partial charge in [-0.2, -0.15) is 0 Å². The van der Waals surface area contributed by atoms with Gasteiger partial charge in [-0.05, 0) is 89.0 Å². The molecule has 1 unspecified atom stereocenters. The van der Waals surface area contributed by atoms with E-state index in [-0.39, 0.29) is 37.1 Å². The molecule has 4 aliphatic rings. The Morgan fingerprint density at radius 1 is 1.05 bits per heavy atom. The molecule has 2 saturated carbocycles. The summed E-state index contributed by atoms with van der Waals surface area (Å²) in [6.07, 6.45) is 8.57. The third-order valence-corrected chi connectivity index (χ3v) is 15.9. The summed E-state index contributed by atoms with van der Waals surface area (Å²) in [5.41, 5.74) is 1.85. The zero-order chi connectivity index (χ0) is 44.3. The van der Waals surface area contributed by atoms with Crippen LogP contribution in [0.25, 0.3) is 22.3 Å². The second-order valence-electron chi connectivity index (χ2n) is 17.5. The minimum Gasteiger partial charge on any atom is -0.497 e. The summed E-state index contributed by atoms with van der Waals surface area (Å²) in [7, 11) is -2.75. The van der Waals surface area contributed by atoms with Gasteiger partial charge in [0.2, 0.25) is 19.2 Å². The third-order valence-electron chi connectivity index (χ3n) is 12.5. The van der Waals surface area contributed by atoms with Crippen LogP contribution in [-0.2, 0) is 25.1 Å². The maximum atomic E-state index is 14.9. The van der Waals surface area contributed by atoms with Crippen LogP contribution in [0.4, 0.5) is 14.3 Å². The molecule has 2 aromatic carbocycles. The van der Waals surface area contributed by atoms with Crippen LogP contribution >= 0.6 is 18.7 Å². The third kappa shape index (κ3) is 10.0. The van der Waals surface area contributed by atoms with Gasteiger partial charge in [-0.1, -0.05) is 43.2 Å². The normalized spacial score (nSPS) is 25.8. The summed E-state index contributed by atoms with van der Waals surface area (Å²) < 4.78 is 47.5. The van der Waals surface area contributed by atoms with Gasteiger partial charge < -0.3 is 40.0 Å². The van der Waals surface area contributed by atoms with E-state index in [0.29, 0.717) is 53.1 Å². The smallest absolute Gasteiger partial charge is 0.408 e. The fourth-order valence-corrected chi connectivity index (χ4v) is 12.3. The molecule has 14 nitrogen and oxygen atoms in total. The molecule has 2 aromatic heterocycles. The Hall–Kier alpha value is -5.05. The van der Waals surface area contributed by atoms with Gasteiger partial charge in [0.15, 0.2) is 5.13 Å². The molecule has 1 saturated heterocycles. The number of aromatic nitrogens is 2. The lowest BCUT2D eigenvalue weighted by Crippen LogP contribution is -2.55. The van der Waals surface area contributed by atoms with Crippen molar-refractivity contribution in [2.24, 2.45) is 5.92 Å². The van der Waals surface area contributed by atoms with Crippen molar-refractivity contribution in [3.8, 4) is 22.9 Å². The van der Waals surface area contributed by atoms with Crippen LogP contribution in [-0.4, -0.2) is 86.9 Å². The largest absolute Gasteiger partial charge is 0.497 e. The standard InChI is InChI=1S/C46H56FN6O8PS/c1-28(2)48-44-50-39(27-63-44)38-23-41(34-20-19-32(59-3)21-37(34)49-38)60-33-22-40-42(54)52-46(62(57,58)26-29-13-9-12-17-35(29)47)24-30(46)14-7-5-4-6-8-18-36(43(55)53(40)25-33)51-45(56)61-31-15-10-11-16-31/h7,9,12-14,17,19-21,23,27-28,30-31,33,36,40H,4-6,8,10-11,15-16,18,22,24-26H2,1-3H3,(H,48,50)(H,51,56)(H,52,54)(H,57,58)/b14-7-/t30-,33-,36+,40+,46+/m1/s1. The number of amides is 3. The average molecular weight is 903 g/mol. The lowest BCUT2D eigenvalue weighted by atomic mass is 10.0. The molecule has 0 spiro atoms. The van der Waals surface area contributed by atoms with Crippen molar-refractivity contribution in [1.29, 1.82) is 0 Å². The summed E-state index contributed by atoms with van der Waals surface area (Å²) in [6.45, 7) is 4.04. The molecule has 336 valence electrons. The average Bonchev–Trinajstić information content (AvgIpc) is 3.66. The summed E-state index contributed by atoms with van der Waals surface area (Å²) in [5, 5.41) is 10.9. The van der Waals surface area contributed by atoms with Crippen LogP contribution < -0.4 is 25.4 Å². The van der Waals surface area contributed by atoms with Gasteiger partial charge in [-0.25, -0.2) is 19.2 Å². The maximum absolute atomic E-state index is 14.9. The van der Waals surface area contributed by atoms with E-state index in [1.807, 2.05) is 37.4 Å². The molecule has 4 aromatic rings. The van der Waals surface area contributed by atoms with E-state index in [0.717, 1.165) is 43.7 Å². The maximum Gasteiger partial charge on any atom is 0.408 e. The number of carbonyl (C=O) groups excluding carboxylic acids is 3. The summed E-state index contributed by atoms with van der Waals surface area (Å²) >= 11 is 1.46. The number of pyridine rings is 1. The summed E-state index contributed by atoms with van der Waals surface area (Å²) in [5.74, 6) is -1.15. The molecule has 6 atom stereocenters. The number of ether oxygens (including phenoxy) is 3. The number of anilines is 1. The van der Waals surface area contributed by atoms with Crippen molar-refractivity contribution in [2.75, 3.05) is 19.0 Å². The number of nitrogens with one attached hydrogen (secondary N) is 3. The molecule has 3 fully saturated rings. The monoisotopic (exact) mass is 902 g/mol. The van der Waals surface area contributed by atoms with Crippen molar-refractivity contribution < 1.29 is 42.4 Å². The Morgan fingerprint density at radius 2 is 1.84 bits per heavy atom. The minimum atomic E-state index is -4.33. The van der Waals surface area contributed by atoms with Gasteiger partial charge in [-0.15, -0.1) is 11.3 Å². The zero-order valence-corrected chi connectivity index (χ0v) is 37.6. The van der Waals surface area contributed by atoms with Gasteiger partial charge in [-0.3, -0.25) is 14.2 Å². The second-order valence-corrected chi connectivity index (χ2v) is 20.8. The van der Waals surface area contributed by atoms with E-state index >= 15 is 0 Å². The highest BCUT2D eigenvalue weighted by atomic mass is 32.1. The summed E-state index contributed by atoms with van der Waals surface area (Å²) in [4.78, 5) is 65.9. The van der Waals surface area contributed by atoms with Crippen molar-refractivity contribution in [3.63, 3.8) is 0 Å². The van der Waals surface area contributed by atoms with Crippen LogP contribution in [0.5, 0.6) is 11.5 Å². The van der Waals surface area contributed by atoms with Crippen LogP contribution in [0.1, 0.15) is 90.0 Å². The number of fused-ring (bicyclic) bond motifs is 3. The van der Waals surface area contributed by atoms with E-state index in [2.05, 4.69) is 16.0 Å². The second kappa shape index (κ2) is 19.0. The number of hydrogen-bond donors (Lipinski definition) is 4. The number of carbonyl (C=O) groups is 3. The predicted octanol–water partition coefficient (Wildman–Crippen LogP) is 8.54. The number of alkyl carbamates (subject to hydrolysis) is 1. The number of nitrogens with zero attached hydrogens (tertiary/aromatic N) is 3. The first kappa shape index (κ1) is 44.6. The Labute approximate surface area is 370 Å². The Bertz CT molecular complexity index is 2410. The minimum absolute atomic E-state index is 0.0242. The van der Waals surface area contributed by atoms with E-state index < -0.39 is 66.6 Å². The molecule has 0 bridgehead atoms. The first-order valence-electron chi connectivity index (χ1n) is 22.0. The van der Waals surface area contributed by atoms with Crippen LogP contribution in [0.3, 0.4) is 0 Å². The summed E-state index contributed by atoms with van der Waals surface area (Å²) in [6, 6.07) is 11.1. The molecule has 4 N–H and O–H groups in total. The molecule has 3 amide bonds. The lowest BCUT2D eigenvalue weighted by molar-refractivity contribution is -0.140. The van der Waals surface area contributed by atoms with Gasteiger partial charge in [0.05, 0.1) is 31.0 Å². The fraction of sp³-hybridized carbons (Fsp3) is 0.500. The molecule has 63 heavy (non-hydrogen) atoms. The van der Waals surface area contributed by atoms with Crippen molar-refractivity contribution in [3.05, 3.63) is 77.4 Å². The predicted molar refractivity (Wildman–Crippen MR) is 239 cm³/mol. The Balaban J connectivity index is 1.13. The Morgan fingerprint density at radius 3 is 2.62 bits per heavy atom. The van der Waals surface area contributed by atoms with E-state index in [1.165, 1.54) is 34.4 Å². The SMILES string of the molecule is COc1ccc2c(O[C@@H]3C[C@H]4C(=O)N[C@]5(P(=O)(O)Cc6ccccc6F)C[C@H]5/C=C\CCCCC[C@H](NC(=O)OC5CCCC5)C(=O)N4C3)cc(-c3csc(NC(C)C)n3)nc2c1. The molecule has 2 aliphatic carbocycles. The Kier molecular flexibility index (Phi) is 13.4. The molecular formula is C46H56FN6O8PS. The number of halogens is 1. The van der Waals surface area contributed by atoms with Gasteiger partial charge in [0.1, 0.15) is 52.6 Å². The van der Waals surface area contributed by atoms with E-state index in [9.17, 15) is 28.2 Å². The van der Waals surface area contributed by atoms with Gasteiger partial charge in [0.25, 0.3) is 0 Å². The highest BCUT2D eigenvalue weighted by Gasteiger charge is 2.66. The quantitative estimate of drug-likeness (QED) is 0.0837. The highest BCUT2D eigenvalue weighted by Crippen LogP contribution is 2.71. The molecule has 2 aliphatic heterocycles. The van der Waals surface area contributed by atoms with Crippen LogP contribution in [0, 0.1) is 11.7 Å². The van der Waals surface area contributed by atoms with Gasteiger partial charge >= 0.3 is 6.09 Å². The lowest BCUT2D eigenvalue weighted by Gasteiger charge is -2.31. The van der Waals surface area contributed by atoms with Gasteiger partial charge in [0, 0.05) is 41.3 Å². The number of hydrogen-bond acceptors (Lipinski definition) is 11. The van der Waals surface area contributed by atoms with Crippen molar-refractivity contribution in [2.45, 2.75) is 126 Å². The number of thiazole rings is 1.